The van der Waals surface area contributed by atoms with Crippen LogP contribution in [0.25, 0.3) is 0 Å². The molecule has 1 saturated heterocycles. The van der Waals surface area contributed by atoms with Gasteiger partial charge < -0.3 is 9.88 Å². The molecule has 0 saturated carbocycles. The molecule has 0 atom stereocenters. The molecule has 1 aromatic heterocycles. The van der Waals surface area contributed by atoms with Crippen molar-refractivity contribution < 1.29 is 13.2 Å². The van der Waals surface area contributed by atoms with Gasteiger partial charge in [0.25, 0.3) is 10.0 Å². The van der Waals surface area contributed by atoms with Gasteiger partial charge in [0, 0.05) is 25.0 Å². The maximum absolute atomic E-state index is 12.5. The van der Waals surface area contributed by atoms with E-state index in [9.17, 15) is 13.2 Å². The monoisotopic (exact) mass is 376 g/mol. The summed E-state index contributed by atoms with van der Waals surface area (Å²) in [4.78, 5) is 16.4. The second-order valence-corrected chi connectivity index (χ2v) is 8.70. The Morgan fingerprint density at radius 2 is 1.77 bits per heavy atom. The van der Waals surface area contributed by atoms with Gasteiger partial charge in [-0.05, 0) is 44.7 Å². The van der Waals surface area contributed by atoms with Crippen LogP contribution in [0, 0.1) is 20.8 Å². The van der Waals surface area contributed by atoms with Gasteiger partial charge in [-0.3, -0.25) is 4.79 Å². The Balaban J connectivity index is 1.70. The molecule has 1 N–H and O–H groups in total. The van der Waals surface area contributed by atoms with Gasteiger partial charge in [0.15, 0.2) is 5.03 Å². The molecule has 8 heteroatoms. The Morgan fingerprint density at radius 1 is 1.15 bits per heavy atom. The predicted octanol–water partition coefficient (Wildman–Crippen LogP) is 2.23. The summed E-state index contributed by atoms with van der Waals surface area (Å²) in [5.74, 6) is -0.220. The lowest BCUT2D eigenvalue weighted by atomic mass is 10.1. The van der Waals surface area contributed by atoms with Gasteiger partial charge >= 0.3 is 0 Å². The fraction of sp³-hybridized carbons (Fsp3) is 0.444. The predicted molar refractivity (Wildman–Crippen MR) is 99.5 cm³/mol. The Bertz CT molecular complexity index is 905. The van der Waals surface area contributed by atoms with Crippen LogP contribution in [0.4, 0.5) is 5.69 Å². The van der Waals surface area contributed by atoms with Crippen LogP contribution < -0.4 is 5.32 Å². The number of benzene rings is 1. The van der Waals surface area contributed by atoms with E-state index in [1.807, 2.05) is 32.9 Å². The molecule has 1 aromatic carbocycles. The third-order valence-corrected chi connectivity index (χ3v) is 6.33. The molecule has 1 aliphatic rings. The lowest BCUT2D eigenvalue weighted by Crippen LogP contribution is -2.28. The van der Waals surface area contributed by atoms with Crippen LogP contribution in [0.2, 0.25) is 0 Å². The molecule has 0 spiro atoms. The molecule has 1 aliphatic heterocycles. The number of anilines is 1. The largest absolute Gasteiger partial charge is 0.327 e. The zero-order valence-electron chi connectivity index (χ0n) is 15.3. The summed E-state index contributed by atoms with van der Waals surface area (Å²) in [5, 5.41) is 2.91. The SMILES string of the molecule is Cc1cc(C)c(NC(=O)Cn2cnc(S(=O)(=O)N3CCCC3)c2)c(C)c1. The zero-order valence-corrected chi connectivity index (χ0v) is 16.1. The number of hydrogen-bond acceptors (Lipinski definition) is 4. The van der Waals surface area contributed by atoms with Gasteiger partial charge in [0.1, 0.15) is 6.54 Å². The number of hydrogen-bond donors (Lipinski definition) is 1. The zero-order chi connectivity index (χ0) is 18.9. The molecule has 3 rings (SSSR count). The topological polar surface area (TPSA) is 84.3 Å². The van der Waals surface area contributed by atoms with E-state index in [4.69, 9.17) is 0 Å². The van der Waals surface area contributed by atoms with E-state index in [1.54, 1.807) is 0 Å². The number of nitrogens with one attached hydrogen (secondary N) is 1. The Hall–Kier alpha value is -2.19. The van der Waals surface area contributed by atoms with E-state index in [1.165, 1.54) is 21.4 Å². The molecule has 0 radical (unpaired) electrons. The molecule has 1 amide bonds. The van der Waals surface area contributed by atoms with Gasteiger partial charge in [-0.15, -0.1) is 0 Å². The first-order valence-electron chi connectivity index (χ1n) is 8.67. The van der Waals surface area contributed by atoms with Crippen molar-refractivity contribution in [3.8, 4) is 0 Å². The van der Waals surface area contributed by atoms with Crippen molar-refractivity contribution in [2.45, 2.75) is 45.2 Å². The molecule has 2 aromatic rings. The van der Waals surface area contributed by atoms with Crippen molar-refractivity contribution in [3.05, 3.63) is 41.3 Å². The van der Waals surface area contributed by atoms with Crippen LogP contribution in [0.15, 0.2) is 29.7 Å². The minimum Gasteiger partial charge on any atom is -0.327 e. The summed E-state index contributed by atoms with van der Waals surface area (Å²) < 4.78 is 27.9. The number of imidazole rings is 1. The number of carbonyl (C=O) groups is 1. The van der Waals surface area contributed by atoms with Gasteiger partial charge in [-0.2, -0.15) is 4.31 Å². The van der Waals surface area contributed by atoms with E-state index >= 15 is 0 Å². The van der Waals surface area contributed by atoms with Gasteiger partial charge in [0.2, 0.25) is 5.91 Å². The number of aromatic nitrogens is 2. The molecule has 7 nitrogen and oxygen atoms in total. The fourth-order valence-electron chi connectivity index (χ4n) is 3.34. The highest BCUT2D eigenvalue weighted by Gasteiger charge is 2.29. The molecule has 0 aliphatic carbocycles. The first kappa shape index (κ1) is 18.6. The highest BCUT2D eigenvalue weighted by atomic mass is 32.2. The first-order valence-corrected chi connectivity index (χ1v) is 10.1. The average molecular weight is 376 g/mol. The quantitative estimate of drug-likeness (QED) is 0.867. The number of nitrogens with zero attached hydrogens (tertiary/aromatic N) is 3. The smallest absolute Gasteiger partial charge is 0.262 e. The molecule has 26 heavy (non-hydrogen) atoms. The summed E-state index contributed by atoms with van der Waals surface area (Å²) >= 11 is 0. The van der Waals surface area contributed by atoms with Crippen molar-refractivity contribution in [1.82, 2.24) is 13.9 Å². The average Bonchev–Trinajstić information content (AvgIpc) is 3.22. The van der Waals surface area contributed by atoms with Gasteiger partial charge in [-0.25, -0.2) is 13.4 Å². The summed E-state index contributed by atoms with van der Waals surface area (Å²) in [6, 6.07) is 4.03. The van der Waals surface area contributed by atoms with Crippen LogP contribution in [-0.2, 0) is 21.4 Å². The summed E-state index contributed by atoms with van der Waals surface area (Å²) in [5.41, 5.74) is 3.94. The van der Waals surface area contributed by atoms with Crippen molar-refractivity contribution >= 4 is 21.6 Å². The molecule has 0 unspecified atom stereocenters. The maximum atomic E-state index is 12.5. The molecule has 2 heterocycles. The lowest BCUT2D eigenvalue weighted by molar-refractivity contribution is -0.116. The van der Waals surface area contributed by atoms with Crippen molar-refractivity contribution in [2.24, 2.45) is 0 Å². The highest BCUT2D eigenvalue weighted by molar-refractivity contribution is 7.89. The first-order chi connectivity index (χ1) is 12.3. The number of rotatable bonds is 5. The number of amides is 1. The Kier molecular flexibility index (Phi) is 5.15. The molecule has 140 valence electrons. The normalized spacial score (nSPS) is 15.3. The maximum Gasteiger partial charge on any atom is 0.262 e. The minimum atomic E-state index is -3.56. The minimum absolute atomic E-state index is 0.00472. The van der Waals surface area contributed by atoms with Gasteiger partial charge in [-0.1, -0.05) is 17.7 Å². The second kappa shape index (κ2) is 7.20. The summed E-state index contributed by atoms with van der Waals surface area (Å²) in [6.07, 6.45) is 4.55. The van der Waals surface area contributed by atoms with Crippen LogP contribution >= 0.6 is 0 Å². The number of aryl methyl sites for hydroxylation is 3. The van der Waals surface area contributed by atoms with Crippen LogP contribution in [0.5, 0.6) is 0 Å². The Labute approximate surface area is 154 Å². The molecular weight excluding hydrogens is 352 g/mol. The number of carbonyl (C=O) groups excluding carboxylic acids is 1. The Morgan fingerprint density at radius 3 is 2.38 bits per heavy atom. The van der Waals surface area contributed by atoms with Crippen LogP contribution in [0.1, 0.15) is 29.5 Å². The van der Waals surface area contributed by atoms with Crippen LogP contribution in [0.3, 0.4) is 0 Å². The van der Waals surface area contributed by atoms with Crippen LogP contribution in [-0.4, -0.2) is 41.3 Å². The third-order valence-electron chi connectivity index (χ3n) is 4.55. The van der Waals surface area contributed by atoms with Crippen molar-refractivity contribution in [2.75, 3.05) is 18.4 Å². The van der Waals surface area contributed by atoms with E-state index < -0.39 is 10.0 Å². The van der Waals surface area contributed by atoms with Crippen molar-refractivity contribution in [1.29, 1.82) is 0 Å². The van der Waals surface area contributed by atoms with Crippen molar-refractivity contribution in [3.63, 3.8) is 0 Å². The molecular formula is C18H24N4O3S. The highest BCUT2D eigenvalue weighted by Crippen LogP contribution is 2.22. The third kappa shape index (κ3) is 3.81. The van der Waals surface area contributed by atoms with E-state index in [2.05, 4.69) is 10.3 Å². The van der Waals surface area contributed by atoms with Gasteiger partial charge in [0.05, 0.1) is 6.33 Å². The molecule has 1 fully saturated rings. The fourth-order valence-corrected chi connectivity index (χ4v) is 4.79. The van der Waals surface area contributed by atoms with E-state index in [-0.39, 0.29) is 17.5 Å². The summed E-state index contributed by atoms with van der Waals surface area (Å²) in [7, 11) is -3.56. The lowest BCUT2D eigenvalue weighted by Gasteiger charge is -2.13. The van der Waals surface area contributed by atoms with E-state index in [0.717, 1.165) is 35.2 Å². The van der Waals surface area contributed by atoms with E-state index in [0.29, 0.717) is 13.1 Å². The molecule has 0 bridgehead atoms. The standard InChI is InChI=1S/C18H24N4O3S/c1-13-8-14(2)18(15(3)9-13)20-16(23)10-21-11-17(19-12-21)26(24,25)22-6-4-5-7-22/h8-9,11-12H,4-7,10H2,1-3H3,(H,20,23). The second-order valence-electron chi connectivity index (χ2n) is 6.82. The summed E-state index contributed by atoms with van der Waals surface area (Å²) in [6.45, 7) is 6.99. The number of sulfonamides is 1.